The summed E-state index contributed by atoms with van der Waals surface area (Å²) < 4.78 is 0. The molecular weight excluding hydrogens is 270 g/mol. The summed E-state index contributed by atoms with van der Waals surface area (Å²) in [5.41, 5.74) is 3.63. The molecule has 0 fully saturated rings. The molecule has 3 N–H and O–H groups in total. The van der Waals surface area contributed by atoms with Gasteiger partial charge in [-0.15, -0.1) is 0 Å². The van der Waals surface area contributed by atoms with Gasteiger partial charge in [0, 0.05) is 25.7 Å². The number of likely N-dealkylation sites (N-methyl/N-ethyl adjacent to an activating group) is 1. The zero-order chi connectivity index (χ0) is 15.8. The fourth-order valence-electron chi connectivity index (χ4n) is 2.13. The molecule has 1 rings (SSSR count). The van der Waals surface area contributed by atoms with Gasteiger partial charge in [0.25, 0.3) is 5.69 Å². The van der Waals surface area contributed by atoms with Gasteiger partial charge in [0.1, 0.15) is 5.69 Å². The van der Waals surface area contributed by atoms with Crippen molar-refractivity contribution < 1.29 is 4.92 Å². The molecule has 0 aromatic heterocycles. The molecule has 0 amide bonds. The number of hydrogen-bond donors (Lipinski definition) is 2. The van der Waals surface area contributed by atoms with Gasteiger partial charge >= 0.3 is 0 Å². The van der Waals surface area contributed by atoms with Crippen LogP contribution in [0.15, 0.2) is 18.2 Å². The number of rotatable bonds is 9. The van der Waals surface area contributed by atoms with Crippen molar-refractivity contribution in [3.63, 3.8) is 0 Å². The number of nitrogens with two attached hydrogens (primary N) is 1. The van der Waals surface area contributed by atoms with Crippen molar-refractivity contribution in [2.24, 2.45) is 5.84 Å². The number of nitro benzene ring substituents is 1. The molecule has 0 aliphatic carbocycles. The second kappa shape index (κ2) is 8.56. The molecule has 0 aliphatic heterocycles. The standard InChI is InChI=1S/C14H25N5O2/c1-4-7-18(9-8-17(2)3)11-12-5-6-13(16-15)14(10-12)19(20)21/h5-6,10,16H,4,7-9,11,15H2,1-3H3. The van der Waals surface area contributed by atoms with Crippen LogP contribution in [-0.2, 0) is 6.54 Å². The van der Waals surface area contributed by atoms with Gasteiger partial charge in [0.05, 0.1) is 4.92 Å². The SMILES string of the molecule is CCCN(CCN(C)C)Cc1ccc(NN)c([N+](=O)[O-])c1. The lowest BCUT2D eigenvalue weighted by molar-refractivity contribution is -0.384. The Hall–Kier alpha value is -1.70. The molecule has 0 heterocycles. The molecule has 0 spiro atoms. The van der Waals surface area contributed by atoms with E-state index in [0.29, 0.717) is 12.2 Å². The highest BCUT2D eigenvalue weighted by atomic mass is 16.6. The molecule has 1 aromatic rings. The molecule has 7 heteroatoms. The van der Waals surface area contributed by atoms with Crippen LogP contribution in [0.2, 0.25) is 0 Å². The van der Waals surface area contributed by atoms with Crippen LogP contribution in [0, 0.1) is 10.1 Å². The lowest BCUT2D eigenvalue weighted by Crippen LogP contribution is -2.32. The van der Waals surface area contributed by atoms with E-state index in [9.17, 15) is 10.1 Å². The van der Waals surface area contributed by atoms with E-state index in [1.165, 1.54) is 0 Å². The fourth-order valence-corrected chi connectivity index (χ4v) is 2.13. The monoisotopic (exact) mass is 295 g/mol. The van der Waals surface area contributed by atoms with E-state index in [0.717, 1.165) is 31.6 Å². The summed E-state index contributed by atoms with van der Waals surface area (Å²) in [7, 11) is 4.08. The number of nitrogens with zero attached hydrogens (tertiary/aromatic N) is 3. The Kier molecular flexibility index (Phi) is 7.07. The molecule has 0 bridgehead atoms. The lowest BCUT2D eigenvalue weighted by Gasteiger charge is -2.23. The van der Waals surface area contributed by atoms with Crippen molar-refractivity contribution in [3.8, 4) is 0 Å². The third-order valence-corrected chi connectivity index (χ3v) is 3.22. The van der Waals surface area contributed by atoms with Crippen LogP contribution in [0.1, 0.15) is 18.9 Å². The minimum atomic E-state index is -0.414. The Balaban J connectivity index is 2.83. The van der Waals surface area contributed by atoms with E-state index in [-0.39, 0.29) is 5.69 Å². The molecule has 0 atom stereocenters. The maximum absolute atomic E-state index is 11.0. The number of hydrogen-bond acceptors (Lipinski definition) is 6. The first kappa shape index (κ1) is 17.4. The average molecular weight is 295 g/mol. The molecule has 1 aromatic carbocycles. The third kappa shape index (κ3) is 5.66. The van der Waals surface area contributed by atoms with Crippen LogP contribution in [0.25, 0.3) is 0 Å². The van der Waals surface area contributed by atoms with Gasteiger partial charge in [-0.05, 0) is 38.7 Å². The van der Waals surface area contributed by atoms with Crippen molar-refractivity contribution in [2.75, 3.05) is 39.2 Å². The highest BCUT2D eigenvalue weighted by molar-refractivity contribution is 5.61. The van der Waals surface area contributed by atoms with Crippen LogP contribution in [-0.4, -0.2) is 48.5 Å². The van der Waals surface area contributed by atoms with Crippen molar-refractivity contribution in [2.45, 2.75) is 19.9 Å². The van der Waals surface area contributed by atoms with Crippen LogP contribution in [0.4, 0.5) is 11.4 Å². The Morgan fingerprint density at radius 3 is 2.52 bits per heavy atom. The van der Waals surface area contributed by atoms with Gasteiger partial charge in [-0.2, -0.15) is 0 Å². The Bertz CT molecular complexity index is 465. The molecule has 21 heavy (non-hydrogen) atoms. The number of hydrazine groups is 1. The number of nitrogen functional groups attached to an aromatic ring is 1. The fraction of sp³-hybridized carbons (Fsp3) is 0.571. The van der Waals surface area contributed by atoms with Crippen molar-refractivity contribution in [1.82, 2.24) is 9.80 Å². The van der Waals surface area contributed by atoms with Gasteiger partial charge in [0.2, 0.25) is 0 Å². The Morgan fingerprint density at radius 2 is 2.00 bits per heavy atom. The number of benzene rings is 1. The number of nitro groups is 1. The van der Waals surface area contributed by atoms with E-state index in [1.807, 2.05) is 20.2 Å². The van der Waals surface area contributed by atoms with E-state index in [4.69, 9.17) is 5.84 Å². The zero-order valence-corrected chi connectivity index (χ0v) is 13.0. The minimum absolute atomic E-state index is 0.0130. The highest BCUT2D eigenvalue weighted by Gasteiger charge is 2.15. The van der Waals surface area contributed by atoms with E-state index in [2.05, 4.69) is 22.1 Å². The number of anilines is 1. The third-order valence-electron chi connectivity index (χ3n) is 3.22. The predicted octanol–water partition coefficient (Wildman–Crippen LogP) is 1.65. The summed E-state index contributed by atoms with van der Waals surface area (Å²) in [5.74, 6) is 5.30. The highest BCUT2D eigenvalue weighted by Crippen LogP contribution is 2.25. The second-order valence-corrected chi connectivity index (χ2v) is 5.33. The predicted molar refractivity (Wildman–Crippen MR) is 85.0 cm³/mol. The Labute approximate surface area is 125 Å². The molecule has 0 unspecified atom stereocenters. The van der Waals surface area contributed by atoms with Crippen molar-refractivity contribution in [1.29, 1.82) is 0 Å². The van der Waals surface area contributed by atoms with Gasteiger partial charge in [-0.25, -0.2) is 0 Å². The van der Waals surface area contributed by atoms with Crippen molar-refractivity contribution in [3.05, 3.63) is 33.9 Å². The summed E-state index contributed by atoms with van der Waals surface area (Å²) in [6, 6.07) is 5.12. The first-order valence-electron chi connectivity index (χ1n) is 7.09. The summed E-state index contributed by atoms with van der Waals surface area (Å²) in [5, 5.41) is 11.0. The van der Waals surface area contributed by atoms with Gasteiger partial charge in [0.15, 0.2) is 0 Å². The minimum Gasteiger partial charge on any atom is -0.318 e. The van der Waals surface area contributed by atoms with E-state index >= 15 is 0 Å². The van der Waals surface area contributed by atoms with Crippen LogP contribution >= 0.6 is 0 Å². The van der Waals surface area contributed by atoms with Crippen LogP contribution < -0.4 is 11.3 Å². The molecule has 0 radical (unpaired) electrons. The first-order chi connectivity index (χ1) is 9.97. The molecule has 0 saturated carbocycles. The molecular formula is C14H25N5O2. The van der Waals surface area contributed by atoms with Gasteiger partial charge < -0.3 is 10.3 Å². The maximum Gasteiger partial charge on any atom is 0.293 e. The molecule has 0 saturated heterocycles. The largest absolute Gasteiger partial charge is 0.318 e. The zero-order valence-electron chi connectivity index (χ0n) is 13.0. The molecule has 118 valence electrons. The van der Waals surface area contributed by atoms with Crippen LogP contribution in [0.3, 0.4) is 0 Å². The second-order valence-electron chi connectivity index (χ2n) is 5.33. The van der Waals surface area contributed by atoms with Gasteiger partial charge in [-0.3, -0.25) is 20.9 Å². The lowest BCUT2D eigenvalue weighted by atomic mass is 10.1. The molecule has 0 aliphatic rings. The first-order valence-corrected chi connectivity index (χ1v) is 7.09. The maximum atomic E-state index is 11.0. The summed E-state index contributed by atoms with van der Waals surface area (Å²) in [6.07, 6.45) is 1.05. The Morgan fingerprint density at radius 1 is 1.29 bits per heavy atom. The van der Waals surface area contributed by atoms with E-state index in [1.54, 1.807) is 12.1 Å². The quantitative estimate of drug-likeness (QED) is 0.409. The summed E-state index contributed by atoms with van der Waals surface area (Å²) in [4.78, 5) is 15.1. The number of nitrogens with one attached hydrogen (secondary N) is 1. The topological polar surface area (TPSA) is 87.7 Å². The molecule has 7 nitrogen and oxygen atoms in total. The van der Waals surface area contributed by atoms with Gasteiger partial charge in [-0.1, -0.05) is 13.0 Å². The average Bonchev–Trinajstić information content (AvgIpc) is 2.44. The summed E-state index contributed by atoms with van der Waals surface area (Å²) in [6.45, 7) is 5.70. The van der Waals surface area contributed by atoms with Crippen LogP contribution in [0.5, 0.6) is 0 Å². The van der Waals surface area contributed by atoms with Crippen molar-refractivity contribution >= 4 is 11.4 Å². The summed E-state index contributed by atoms with van der Waals surface area (Å²) >= 11 is 0. The smallest absolute Gasteiger partial charge is 0.293 e. The normalized spacial score (nSPS) is 11.1. The van der Waals surface area contributed by atoms with E-state index < -0.39 is 4.92 Å².